The van der Waals surface area contributed by atoms with Gasteiger partial charge in [0.1, 0.15) is 75.1 Å². The van der Waals surface area contributed by atoms with Crippen LogP contribution >= 0.6 is 0 Å². The first-order valence-electron chi connectivity index (χ1n) is 41.1. The molecule has 0 bridgehead atoms. The summed E-state index contributed by atoms with van der Waals surface area (Å²) in [5, 5.41) is 10.3. The van der Waals surface area contributed by atoms with E-state index in [1.54, 1.807) is 12.4 Å². The molecule has 0 amide bonds. The minimum atomic E-state index is 0.686. The predicted molar refractivity (Wildman–Crippen MR) is 488 cm³/mol. The molecule has 0 fully saturated rings. The summed E-state index contributed by atoms with van der Waals surface area (Å²) in [7, 11) is 20.8. The van der Waals surface area contributed by atoms with Crippen LogP contribution in [0, 0.1) is 41.5 Å². The molecule has 0 unspecified atom stereocenters. The van der Waals surface area contributed by atoms with Gasteiger partial charge in [0, 0.05) is 61.5 Å². The van der Waals surface area contributed by atoms with Crippen molar-refractivity contribution in [1.29, 1.82) is 0 Å². The van der Waals surface area contributed by atoms with E-state index in [1.165, 1.54) is 105 Å². The van der Waals surface area contributed by atoms with Crippen molar-refractivity contribution in [3.05, 3.63) is 338 Å². The quantitative estimate of drug-likeness (QED) is 0.152. The fraction of sp³-hybridized carbons (Fsp3) is 0.154. The van der Waals surface area contributed by atoms with E-state index < -0.39 is 0 Å². The van der Waals surface area contributed by atoms with Crippen molar-refractivity contribution in [2.24, 2.45) is 70.5 Å². The fourth-order valence-corrected chi connectivity index (χ4v) is 17.8. The first-order chi connectivity index (χ1) is 59.2. The van der Waals surface area contributed by atoms with Crippen LogP contribution in [-0.4, -0.2) is 37.6 Å². The predicted octanol–water partition coefficient (Wildman–Crippen LogP) is 20.4. The molecule has 12 heterocycles. The highest BCUT2D eigenvalue weighted by molar-refractivity contribution is 6.12. The number of benzene rings is 11. The molecule has 0 aliphatic heterocycles. The highest BCUT2D eigenvalue weighted by Gasteiger charge is 2.31. The molecule has 23 rings (SSSR count). The zero-order valence-corrected chi connectivity index (χ0v) is 71.8. The lowest BCUT2D eigenvalue weighted by atomic mass is 10.0. The average molecular weight is 1610 g/mol. The minimum absolute atomic E-state index is 0.686. The summed E-state index contributed by atoms with van der Waals surface area (Å²) in [6.07, 6.45) is 18.0. The maximum absolute atomic E-state index is 6.30. The Morgan fingerprint density at radius 1 is 0.295 bits per heavy atom. The van der Waals surface area contributed by atoms with E-state index in [4.69, 9.17) is 17.7 Å². The number of imidazole rings is 4. The second-order valence-electron chi connectivity index (χ2n) is 31.8. The number of nitrogens with zero attached hydrogens (tertiary/aromatic N) is 14. The Kier molecular flexibility index (Phi) is 20.5. The van der Waals surface area contributed by atoms with Crippen molar-refractivity contribution in [3.63, 3.8) is 0 Å². The summed E-state index contributed by atoms with van der Waals surface area (Å²) < 4.78 is 50.7. The summed E-state index contributed by atoms with van der Waals surface area (Å²) in [5.41, 5.74) is 27.5. The van der Waals surface area contributed by atoms with Gasteiger partial charge in [0.25, 0.3) is 23.3 Å². The van der Waals surface area contributed by atoms with E-state index in [9.17, 15) is 0 Å². The van der Waals surface area contributed by atoms with Gasteiger partial charge in [-0.15, -0.1) is 18.7 Å². The van der Waals surface area contributed by atoms with Crippen molar-refractivity contribution < 1.29 is 45.3 Å². The lowest BCUT2D eigenvalue weighted by Crippen LogP contribution is -2.37. The van der Waals surface area contributed by atoms with Gasteiger partial charge in [-0.1, -0.05) is 158 Å². The van der Waals surface area contributed by atoms with Crippen LogP contribution < -0.4 is 27.6 Å². The zero-order chi connectivity index (χ0) is 84.5. The van der Waals surface area contributed by atoms with Gasteiger partial charge >= 0.3 is 0 Å². The molecule has 12 aromatic heterocycles. The molecule has 0 radical (unpaired) electrons. The Hall–Kier alpha value is -15.0. The van der Waals surface area contributed by atoms with E-state index in [0.29, 0.717) is 11.4 Å². The van der Waals surface area contributed by atoms with Crippen LogP contribution in [0.5, 0.6) is 0 Å². The Labute approximate surface area is 706 Å². The Morgan fingerprint density at radius 2 is 0.672 bits per heavy atom. The van der Waals surface area contributed by atoms with E-state index in [1.807, 2.05) is 55.7 Å². The molecule has 0 spiro atoms. The summed E-state index contributed by atoms with van der Waals surface area (Å²) in [4.78, 5) is 8.73. The smallest absolute Gasteiger partial charge is 0.293 e. The van der Waals surface area contributed by atoms with Gasteiger partial charge in [-0.3, -0.25) is 0 Å². The van der Waals surface area contributed by atoms with E-state index in [-0.39, 0.29) is 0 Å². The highest BCUT2D eigenvalue weighted by atomic mass is 16.3. The summed E-state index contributed by atoms with van der Waals surface area (Å²) >= 11 is 0. The summed E-state index contributed by atoms with van der Waals surface area (Å²) in [6, 6.07) is 85.9. The topological polar surface area (TPSA) is 131 Å². The van der Waals surface area contributed by atoms with Crippen LogP contribution in [0.15, 0.2) is 322 Å². The maximum Gasteiger partial charge on any atom is 0.293 e. The molecule has 0 saturated carbocycles. The van der Waals surface area contributed by atoms with E-state index >= 15 is 0 Å². The van der Waals surface area contributed by atoms with Gasteiger partial charge in [0.2, 0.25) is 17.6 Å². The molecular weight excluding hydrogens is 1510 g/mol. The molecule has 18 nitrogen and oxygen atoms in total. The second kappa shape index (κ2) is 32.0. The number of aryl methyl sites for hydroxylation is 16. The number of pyridine rings is 2. The molecule has 18 heteroatoms. The lowest BCUT2D eigenvalue weighted by Gasteiger charge is -2.05. The van der Waals surface area contributed by atoms with Crippen LogP contribution in [0.25, 0.3) is 178 Å². The third kappa shape index (κ3) is 13.7. The molecule has 0 saturated heterocycles. The van der Waals surface area contributed by atoms with Gasteiger partial charge in [-0.25, -0.2) is 46.5 Å². The third-order valence-corrected chi connectivity index (χ3v) is 23.9. The largest absolute Gasteiger partial charge is 0.455 e. The van der Waals surface area contributed by atoms with Gasteiger partial charge in [-0.05, 0) is 160 Å². The van der Waals surface area contributed by atoms with Crippen molar-refractivity contribution >= 4 is 121 Å². The number of hydrogen-bond acceptors (Lipinski definition) is 6. The summed E-state index contributed by atoms with van der Waals surface area (Å²) in [6.45, 7) is 12.8. The minimum Gasteiger partial charge on any atom is -0.455 e. The number of para-hydroxylation sites is 9. The number of furan rings is 4. The first kappa shape index (κ1) is 78.2. The van der Waals surface area contributed by atoms with E-state index in [2.05, 4.69) is 414 Å². The van der Waals surface area contributed by atoms with Crippen molar-refractivity contribution in [2.45, 2.75) is 41.5 Å². The standard InChI is InChI=1S/C22H19N2O.C21H18N3O.C18H17N2O.C17H16N3O.C15H15N2.C11H13N2/c1-14-12-13-16-15-8-4-7-11-19(15)25-21(16)20(14)22-23(2)17-9-5-6-10-18(17)24(22)3;1-13-10-11-14-15-7-6-12-22-20(15)25-19(14)18(13)21-23(2)16-8-4-5-9-17(16)24(21)3;1-12-8-9-14-13-6-4-5-7-15(13)21-17(14)16(12)18-19(2)10-11-20(18)3;1-11-6-7-12-13-5-4-8-18-16(13)21-15(12)14(11)17-19(2)9-10-20(17)3;1-12-7-3-5-9-14(12)17-15-10-6-4-8-13(15)11-16(17)2;1-10-6-3-4-7-11(10)13-9-5-8-12(13)2/h4-13H,1-3H3;4-12H,1-3H3;4-11H,1-3H3;4-10H,1-3H3;3-11H,1-2H3;3-9H,1-2H3/q6*+1. The number of aromatic nitrogens is 14. The van der Waals surface area contributed by atoms with Crippen molar-refractivity contribution in [3.8, 4) is 56.9 Å². The molecule has 122 heavy (non-hydrogen) atoms. The maximum atomic E-state index is 6.30. The average Bonchev–Trinajstić information content (AvgIpc) is 1.59. The van der Waals surface area contributed by atoms with Crippen LogP contribution in [0.1, 0.15) is 33.4 Å². The fourth-order valence-electron chi connectivity index (χ4n) is 17.8. The Balaban J connectivity index is 0.000000101. The molecular formula is C104H98N14O4+6. The first-order valence-corrected chi connectivity index (χ1v) is 41.1. The zero-order valence-electron chi connectivity index (χ0n) is 71.8. The molecule has 0 aliphatic rings. The van der Waals surface area contributed by atoms with Gasteiger partial charge in [-0.2, -0.15) is 0 Å². The highest BCUT2D eigenvalue weighted by Crippen LogP contribution is 2.42. The normalized spacial score (nSPS) is 11.4. The SMILES string of the molecule is Cc1ccc2c(oc3ccccc32)c1-c1n(C)c2ccccc2[n+]1C.Cc1ccc2c(oc3ccccc32)c1-c1n(C)cc[n+]1C.Cc1ccc2c(oc3ncccc32)c1-c1n(C)c2ccccc2[n+]1C.Cc1ccc2c(oc3ncccc32)c1-c1n(C)cc[n+]1C.Cc1ccccc1-n1c2ccccc2c[n+]1C.Cc1ccccc1-n1ccc[n+]1C. The molecule has 602 valence electrons. The second-order valence-corrected chi connectivity index (χ2v) is 31.8. The Morgan fingerprint density at radius 3 is 1.10 bits per heavy atom. The Bertz CT molecular complexity index is 7470. The van der Waals surface area contributed by atoms with Crippen molar-refractivity contribution in [2.75, 3.05) is 0 Å². The molecule has 11 aromatic carbocycles. The number of fused-ring (bicyclic) bond motifs is 15. The lowest BCUT2D eigenvalue weighted by molar-refractivity contribution is -0.744. The van der Waals surface area contributed by atoms with Gasteiger partial charge in [0.15, 0.2) is 64.7 Å². The van der Waals surface area contributed by atoms with Crippen LogP contribution in [0.3, 0.4) is 0 Å². The van der Waals surface area contributed by atoms with Gasteiger partial charge in [0.05, 0.1) is 68.0 Å². The van der Waals surface area contributed by atoms with Crippen molar-refractivity contribution in [1.82, 2.24) is 37.6 Å². The van der Waals surface area contributed by atoms with E-state index in [0.717, 1.165) is 95.0 Å². The molecule has 0 N–H and O–H groups in total. The number of rotatable bonds is 6. The van der Waals surface area contributed by atoms with Crippen LogP contribution in [-0.2, 0) is 70.5 Å². The van der Waals surface area contributed by atoms with Gasteiger partial charge < -0.3 is 17.7 Å². The molecule has 0 aliphatic carbocycles. The van der Waals surface area contributed by atoms with Crippen LogP contribution in [0.2, 0.25) is 0 Å². The summed E-state index contributed by atoms with van der Waals surface area (Å²) in [5.74, 6) is 4.56. The third-order valence-electron chi connectivity index (χ3n) is 23.9. The monoisotopic (exact) mass is 1610 g/mol. The molecule has 0 atom stereocenters. The molecule has 23 aromatic rings. The number of hydrogen-bond donors (Lipinski definition) is 0. The van der Waals surface area contributed by atoms with Crippen LogP contribution in [0.4, 0.5) is 0 Å².